The minimum Gasteiger partial charge on any atom is -0.480 e. The number of carbonyl (C=O) groups excluding carboxylic acids is 3. The van der Waals surface area contributed by atoms with Crippen molar-refractivity contribution < 1.29 is 24.3 Å². The lowest BCUT2D eigenvalue weighted by atomic mass is 9.78. The molecule has 3 fully saturated rings. The zero-order valence-corrected chi connectivity index (χ0v) is 19.4. The molecule has 1 aromatic carbocycles. The number of piperidine rings is 1. The highest BCUT2D eigenvalue weighted by atomic mass is 16.4. The molecule has 0 saturated carbocycles. The van der Waals surface area contributed by atoms with Crippen molar-refractivity contribution in [2.75, 3.05) is 39.3 Å². The fraction of sp³-hybridized carbons (Fsp3) is 0.480. The molecule has 2 N–H and O–H groups in total. The molecule has 0 radical (unpaired) electrons. The number of nitrogens with zero attached hydrogens (tertiary/aromatic N) is 4. The van der Waals surface area contributed by atoms with E-state index in [0.29, 0.717) is 31.0 Å². The molecule has 0 bridgehead atoms. The van der Waals surface area contributed by atoms with Gasteiger partial charge in [0.05, 0.1) is 17.0 Å². The first-order chi connectivity index (χ1) is 16.9. The van der Waals surface area contributed by atoms with Crippen molar-refractivity contribution in [3.05, 3.63) is 42.1 Å². The average Bonchev–Trinajstić information content (AvgIpc) is 2.89. The number of hydrogen-bond donors (Lipinski definition) is 2. The number of carbonyl (C=O) groups is 4. The lowest BCUT2D eigenvalue weighted by Crippen LogP contribution is -2.69. The van der Waals surface area contributed by atoms with E-state index >= 15 is 0 Å². The van der Waals surface area contributed by atoms with Crippen molar-refractivity contribution >= 4 is 34.7 Å². The average molecular weight is 480 g/mol. The number of rotatable bonds is 4. The summed E-state index contributed by atoms with van der Waals surface area (Å²) >= 11 is 0. The highest BCUT2D eigenvalue weighted by molar-refractivity contribution is 6.07. The van der Waals surface area contributed by atoms with E-state index in [9.17, 15) is 24.3 Å². The SMILES string of the molecule is O=C(O)[C@@H]1[C@@H](CC2CCNCC2)C(=O)N1C(=O)N1CCN(C(=O)c2cnc3ccccc3c2)CC1. The van der Waals surface area contributed by atoms with Crippen molar-refractivity contribution in [2.45, 2.75) is 25.3 Å². The Bertz CT molecular complexity index is 1160. The maximum atomic E-state index is 13.1. The van der Waals surface area contributed by atoms with Gasteiger partial charge in [-0.05, 0) is 50.4 Å². The van der Waals surface area contributed by atoms with Gasteiger partial charge in [-0.2, -0.15) is 0 Å². The van der Waals surface area contributed by atoms with Crippen LogP contribution >= 0.6 is 0 Å². The Hall–Kier alpha value is -3.53. The molecule has 1 aromatic heterocycles. The van der Waals surface area contributed by atoms with E-state index in [-0.39, 0.29) is 19.0 Å². The van der Waals surface area contributed by atoms with E-state index in [4.69, 9.17) is 0 Å². The van der Waals surface area contributed by atoms with Gasteiger partial charge in [0.15, 0.2) is 6.04 Å². The maximum Gasteiger partial charge on any atom is 0.327 e. The Morgan fingerprint density at radius 2 is 1.71 bits per heavy atom. The molecule has 0 unspecified atom stereocenters. The second-order valence-corrected chi connectivity index (χ2v) is 9.51. The van der Waals surface area contributed by atoms with Gasteiger partial charge in [0.2, 0.25) is 5.91 Å². The second kappa shape index (κ2) is 9.61. The van der Waals surface area contributed by atoms with Gasteiger partial charge in [0.1, 0.15) is 0 Å². The molecule has 4 amide bonds. The van der Waals surface area contributed by atoms with Crippen LogP contribution < -0.4 is 5.32 Å². The summed E-state index contributed by atoms with van der Waals surface area (Å²) in [4.78, 5) is 59.2. The summed E-state index contributed by atoms with van der Waals surface area (Å²) < 4.78 is 0. The topological polar surface area (TPSA) is 123 Å². The summed E-state index contributed by atoms with van der Waals surface area (Å²) in [6.45, 7) is 2.81. The number of fused-ring (bicyclic) bond motifs is 1. The summed E-state index contributed by atoms with van der Waals surface area (Å²) in [5, 5.41) is 13.9. The van der Waals surface area contributed by atoms with Crippen molar-refractivity contribution in [1.82, 2.24) is 25.0 Å². The first-order valence-electron chi connectivity index (χ1n) is 12.1. The largest absolute Gasteiger partial charge is 0.480 e. The first-order valence-corrected chi connectivity index (χ1v) is 12.1. The van der Waals surface area contributed by atoms with Crippen LogP contribution in [0.15, 0.2) is 36.5 Å². The number of carboxylic acids is 1. The predicted molar refractivity (Wildman–Crippen MR) is 127 cm³/mol. The van der Waals surface area contributed by atoms with Gasteiger partial charge in [0, 0.05) is 37.8 Å². The fourth-order valence-corrected chi connectivity index (χ4v) is 5.37. The highest BCUT2D eigenvalue weighted by Gasteiger charge is 2.56. The zero-order valence-electron chi connectivity index (χ0n) is 19.4. The van der Waals surface area contributed by atoms with Crippen LogP contribution in [0, 0.1) is 11.8 Å². The van der Waals surface area contributed by atoms with E-state index in [0.717, 1.165) is 41.7 Å². The molecule has 10 nitrogen and oxygen atoms in total. The number of carboxylic acid groups (broad SMARTS) is 1. The van der Waals surface area contributed by atoms with E-state index in [2.05, 4.69) is 10.3 Å². The number of imide groups is 1. The lowest BCUT2D eigenvalue weighted by Gasteiger charge is -2.47. The Morgan fingerprint density at radius 3 is 2.43 bits per heavy atom. The molecule has 3 aliphatic heterocycles. The second-order valence-electron chi connectivity index (χ2n) is 9.51. The number of hydrogen-bond acceptors (Lipinski definition) is 6. The van der Waals surface area contributed by atoms with Crippen molar-refractivity contribution in [3.63, 3.8) is 0 Å². The molecule has 2 atom stereocenters. The molecule has 4 heterocycles. The number of benzene rings is 1. The van der Waals surface area contributed by atoms with Crippen LogP contribution in [0.25, 0.3) is 10.9 Å². The molecule has 5 rings (SSSR count). The number of urea groups is 1. The Labute approximate surface area is 202 Å². The molecule has 0 aliphatic carbocycles. The molecule has 2 aromatic rings. The Balaban J connectivity index is 1.20. The number of β-lactam (4-membered cyclic amide) rings is 1. The standard InChI is InChI=1S/C25H29N5O5/c31-22(18-14-17-3-1-2-4-20(17)27-15-18)28-9-11-29(12-10-28)25(35)30-21(24(33)34)19(23(30)32)13-16-5-7-26-8-6-16/h1-4,14-16,19,21,26H,5-13H2,(H,33,34)/t19-,21+/m1/s1. The number of likely N-dealkylation sites (tertiary alicyclic amines) is 1. The third-order valence-corrected chi connectivity index (χ3v) is 7.39. The molecular formula is C25H29N5O5. The van der Waals surface area contributed by atoms with Gasteiger partial charge in [0.25, 0.3) is 5.91 Å². The van der Waals surface area contributed by atoms with Crippen molar-refractivity contribution in [2.24, 2.45) is 11.8 Å². The summed E-state index contributed by atoms with van der Waals surface area (Å²) in [5.74, 6) is -2.07. The summed E-state index contributed by atoms with van der Waals surface area (Å²) in [6, 6.07) is 7.67. The van der Waals surface area contributed by atoms with Gasteiger partial charge >= 0.3 is 12.0 Å². The Morgan fingerprint density at radius 1 is 1.03 bits per heavy atom. The minimum atomic E-state index is -1.14. The van der Waals surface area contributed by atoms with E-state index in [1.54, 1.807) is 17.2 Å². The molecule has 3 aliphatic rings. The summed E-state index contributed by atoms with van der Waals surface area (Å²) in [6.07, 6.45) is 3.88. The molecule has 35 heavy (non-hydrogen) atoms. The first kappa shape index (κ1) is 23.2. The quantitative estimate of drug-likeness (QED) is 0.636. The van der Waals surface area contributed by atoms with E-state index in [1.165, 1.54) is 4.90 Å². The third kappa shape index (κ3) is 4.45. The Kier molecular flexibility index (Phi) is 6.38. The fourth-order valence-electron chi connectivity index (χ4n) is 5.37. The minimum absolute atomic E-state index is 0.166. The number of aromatic nitrogens is 1. The molecule has 0 spiro atoms. The molecule has 184 valence electrons. The zero-order chi connectivity index (χ0) is 24.5. The number of amides is 4. The summed E-state index contributed by atoms with van der Waals surface area (Å²) in [5.41, 5.74) is 1.29. The molecule has 10 heteroatoms. The van der Waals surface area contributed by atoms with Crippen LogP contribution in [0.1, 0.15) is 29.6 Å². The van der Waals surface area contributed by atoms with Crippen LogP contribution in [-0.4, -0.2) is 93.9 Å². The van der Waals surface area contributed by atoms with Gasteiger partial charge in [-0.3, -0.25) is 14.6 Å². The number of pyridine rings is 1. The van der Waals surface area contributed by atoms with Gasteiger partial charge in [-0.25, -0.2) is 14.5 Å². The van der Waals surface area contributed by atoms with E-state index in [1.807, 2.05) is 24.3 Å². The number of piperazine rings is 1. The van der Waals surface area contributed by atoms with Crippen LogP contribution in [0.5, 0.6) is 0 Å². The van der Waals surface area contributed by atoms with Crippen LogP contribution in [-0.2, 0) is 9.59 Å². The molecular weight excluding hydrogens is 450 g/mol. The summed E-state index contributed by atoms with van der Waals surface area (Å²) in [7, 11) is 0. The van der Waals surface area contributed by atoms with Crippen molar-refractivity contribution in [3.8, 4) is 0 Å². The highest BCUT2D eigenvalue weighted by Crippen LogP contribution is 2.35. The van der Waals surface area contributed by atoms with Gasteiger partial charge in [-0.15, -0.1) is 0 Å². The third-order valence-electron chi connectivity index (χ3n) is 7.39. The number of para-hydroxylation sites is 1. The predicted octanol–water partition coefficient (Wildman–Crippen LogP) is 1.41. The number of aliphatic carboxylic acids is 1. The lowest BCUT2D eigenvalue weighted by molar-refractivity contribution is -0.167. The van der Waals surface area contributed by atoms with Crippen LogP contribution in [0.4, 0.5) is 4.79 Å². The van der Waals surface area contributed by atoms with Gasteiger partial charge in [-0.1, -0.05) is 18.2 Å². The monoisotopic (exact) mass is 479 g/mol. The van der Waals surface area contributed by atoms with Gasteiger partial charge < -0.3 is 20.2 Å². The van der Waals surface area contributed by atoms with E-state index < -0.39 is 29.9 Å². The van der Waals surface area contributed by atoms with Crippen LogP contribution in [0.3, 0.4) is 0 Å². The maximum absolute atomic E-state index is 13.1. The smallest absolute Gasteiger partial charge is 0.327 e. The van der Waals surface area contributed by atoms with Crippen molar-refractivity contribution in [1.29, 1.82) is 0 Å². The van der Waals surface area contributed by atoms with Crippen LogP contribution in [0.2, 0.25) is 0 Å². The molecule has 3 saturated heterocycles. The number of nitrogens with one attached hydrogen (secondary N) is 1. The normalized spacial score (nSPS) is 23.3.